The topological polar surface area (TPSA) is 69.3 Å². The van der Waals surface area contributed by atoms with Crippen molar-refractivity contribution in [1.82, 2.24) is 19.8 Å². The van der Waals surface area contributed by atoms with Gasteiger partial charge in [-0.25, -0.2) is 4.98 Å². The Morgan fingerprint density at radius 2 is 1.59 bits per heavy atom. The van der Waals surface area contributed by atoms with Crippen molar-refractivity contribution in [2.75, 3.05) is 13.1 Å². The smallest absolute Gasteiger partial charge is 0.254 e. The molecule has 4 fully saturated rings. The van der Waals surface area contributed by atoms with Crippen LogP contribution in [0.25, 0.3) is 0 Å². The molecular formula is C26H38N4O2. The van der Waals surface area contributed by atoms with Gasteiger partial charge in [0.2, 0.25) is 5.91 Å². The molecule has 0 aromatic carbocycles. The molecule has 1 aromatic heterocycles. The summed E-state index contributed by atoms with van der Waals surface area (Å²) in [5.74, 6) is 2.58. The molecule has 2 aliphatic heterocycles. The highest BCUT2D eigenvalue weighted by molar-refractivity contribution is 5.83. The van der Waals surface area contributed by atoms with Gasteiger partial charge in [-0.1, -0.05) is 32.1 Å². The van der Waals surface area contributed by atoms with Gasteiger partial charge in [0.05, 0.1) is 11.7 Å². The van der Waals surface area contributed by atoms with Crippen LogP contribution in [0.4, 0.5) is 0 Å². The summed E-state index contributed by atoms with van der Waals surface area (Å²) in [6.45, 7) is 2.58. The highest BCUT2D eigenvalue weighted by Gasteiger charge is 2.56. The maximum absolute atomic E-state index is 13.5. The van der Waals surface area contributed by atoms with E-state index < -0.39 is 0 Å². The number of carbonyl (C=O) groups excluding carboxylic acids is 1. The van der Waals surface area contributed by atoms with Crippen LogP contribution in [0.15, 0.2) is 4.79 Å². The molecule has 0 radical (unpaired) electrons. The second-order valence-corrected chi connectivity index (χ2v) is 11.1. The first-order valence-electron chi connectivity index (χ1n) is 13.4. The van der Waals surface area contributed by atoms with Crippen LogP contribution in [0.2, 0.25) is 0 Å². The fourth-order valence-electron chi connectivity index (χ4n) is 7.42. The monoisotopic (exact) mass is 438 g/mol. The Morgan fingerprint density at radius 1 is 0.875 bits per heavy atom. The number of hydrogen-bond donors (Lipinski definition) is 1. The number of nitrogens with zero attached hydrogens (tertiary/aromatic N) is 3. The third-order valence-electron chi connectivity index (χ3n) is 9.26. The molecule has 1 unspecified atom stereocenters. The van der Waals surface area contributed by atoms with Gasteiger partial charge in [0.1, 0.15) is 5.82 Å². The molecule has 1 N–H and O–H groups in total. The maximum Gasteiger partial charge on any atom is 0.254 e. The standard InChI is InChI=1S/C26H38N4O2/c31-25-20-13-15-29(17-8-2-1-3-9-17)16-21(20)27-24(28-25)22-12-6-7-14-30(22)26(32)23-18-10-4-5-11-19(18)23/h17-19,22-23H,1-16H2,(H,27,28,31)/t18-,19+,22-,23?/m0/s1. The summed E-state index contributed by atoms with van der Waals surface area (Å²) in [5, 5.41) is 0. The zero-order valence-corrected chi connectivity index (χ0v) is 19.4. The molecule has 174 valence electrons. The van der Waals surface area contributed by atoms with Crippen LogP contribution in [0, 0.1) is 17.8 Å². The average Bonchev–Trinajstić information content (AvgIpc) is 3.58. The Kier molecular flexibility index (Phi) is 5.60. The van der Waals surface area contributed by atoms with E-state index in [0.29, 0.717) is 23.8 Å². The summed E-state index contributed by atoms with van der Waals surface area (Å²) in [5.41, 5.74) is 1.88. The third kappa shape index (κ3) is 3.72. The van der Waals surface area contributed by atoms with E-state index in [9.17, 15) is 9.59 Å². The highest BCUT2D eigenvalue weighted by Crippen LogP contribution is 2.56. The molecule has 6 rings (SSSR count). The lowest BCUT2D eigenvalue weighted by molar-refractivity contribution is -0.137. The van der Waals surface area contributed by atoms with Gasteiger partial charge >= 0.3 is 0 Å². The van der Waals surface area contributed by atoms with Crippen molar-refractivity contribution in [1.29, 1.82) is 0 Å². The molecule has 0 bridgehead atoms. The van der Waals surface area contributed by atoms with Crippen LogP contribution in [-0.4, -0.2) is 44.8 Å². The second kappa shape index (κ2) is 8.58. The molecule has 1 aromatic rings. The molecule has 4 atom stereocenters. The predicted octanol–water partition coefficient (Wildman–Crippen LogP) is 3.95. The minimum Gasteiger partial charge on any atom is -0.332 e. The van der Waals surface area contributed by atoms with Crippen LogP contribution in [0.5, 0.6) is 0 Å². The van der Waals surface area contributed by atoms with Gasteiger partial charge in [-0.2, -0.15) is 0 Å². The molecular weight excluding hydrogens is 400 g/mol. The van der Waals surface area contributed by atoms with Gasteiger partial charge in [-0.05, 0) is 63.2 Å². The van der Waals surface area contributed by atoms with E-state index in [4.69, 9.17) is 4.98 Å². The van der Waals surface area contributed by atoms with Crippen LogP contribution < -0.4 is 5.56 Å². The SMILES string of the molecule is O=C(C1[C@H]2CCCC[C@@H]12)N1CCCC[C@H]1c1nc2c(c(=O)[nH]1)CCN(C1CCCCC1)C2. The maximum atomic E-state index is 13.5. The van der Waals surface area contributed by atoms with Gasteiger partial charge in [-0.3, -0.25) is 14.5 Å². The number of likely N-dealkylation sites (tertiary alicyclic amines) is 1. The molecule has 5 aliphatic rings. The van der Waals surface area contributed by atoms with Gasteiger partial charge in [0.15, 0.2) is 0 Å². The van der Waals surface area contributed by atoms with Crippen molar-refractivity contribution in [2.45, 2.75) is 102 Å². The Bertz CT molecular complexity index is 909. The summed E-state index contributed by atoms with van der Waals surface area (Å²) in [7, 11) is 0. The molecule has 3 saturated carbocycles. The second-order valence-electron chi connectivity index (χ2n) is 11.1. The third-order valence-corrected chi connectivity index (χ3v) is 9.26. The summed E-state index contributed by atoms with van der Waals surface area (Å²) in [6.07, 6.45) is 15.5. The summed E-state index contributed by atoms with van der Waals surface area (Å²) >= 11 is 0. The number of carbonyl (C=O) groups is 1. The average molecular weight is 439 g/mol. The van der Waals surface area contributed by atoms with E-state index in [-0.39, 0.29) is 17.5 Å². The number of fused-ring (bicyclic) bond motifs is 2. The van der Waals surface area contributed by atoms with E-state index in [0.717, 1.165) is 62.4 Å². The van der Waals surface area contributed by atoms with E-state index in [1.807, 2.05) is 0 Å². The van der Waals surface area contributed by atoms with E-state index in [2.05, 4.69) is 14.8 Å². The van der Waals surface area contributed by atoms with Crippen molar-refractivity contribution in [3.05, 3.63) is 27.4 Å². The lowest BCUT2D eigenvalue weighted by Gasteiger charge is -2.38. The largest absolute Gasteiger partial charge is 0.332 e. The minimum absolute atomic E-state index is 0.0337. The van der Waals surface area contributed by atoms with Crippen LogP contribution in [0.3, 0.4) is 0 Å². The van der Waals surface area contributed by atoms with E-state index >= 15 is 0 Å². The number of hydrogen-bond acceptors (Lipinski definition) is 4. The predicted molar refractivity (Wildman–Crippen MR) is 123 cm³/mol. The Hall–Kier alpha value is -1.69. The van der Waals surface area contributed by atoms with Crippen molar-refractivity contribution >= 4 is 5.91 Å². The first-order valence-corrected chi connectivity index (χ1v) is 13.4. The first kappa shape index (κ1) is 20.9. The number of aromatic amines is 1. The number of amides is 1. The fourth-order valence-corrected chi connectivity index (χ4v) is 7.42. The molecule has 1 amide bonds. The number of rotatable bonds is 3. The van der Waals surface area contributed by atoms with Crippen molar-refractivity contribution < 1.29 is 4.79 Å². The zero-order valence-electron chi connectivity index (χ0n) is 19.4. The lowest BCUT2D eigenvalue weighted by atomic mass is 9.92. The quantitative estimate of drug-likeness (QED) is 0.776. The Morgan fingerprint density at radius 3 is 2.38 bits per heavy atom. The molecule has 1 saturated heterocycles. The Labute approximate surface area is 191 Å². The minimum atomic E-state index is -0.0537. The van der Waals surface area contributed by atoms with Gasteiger partial charge < -0.3 is 9.88 Å². The van der Waals surface area contributed by atoms with Crippen LogP contribution in [-0.2, 0) is 17.8 Å². The van der Waals surface area contributed by atoms with Crippen molar-refractivity contribution in [3.63, 3.8) is 0 Å². The zero-order chi connectivity index (χ0) is 21.7. The summed E-state index contributed by atoms with van der Waals surface area (Å²) < 4.78 is 0. The lowest BCUT2D eigenvalue weighted by Crippen LogP contribution is -2.44. The van der Waals surface area contributed by atoms with Gasteiger partial charge in [0, 0.05) is 37.2 Å². The number of H-pyrrole nitrogens is 1. The van der Waals surface area contributed by atoms with Crippen LogP contribution >= 0.6 is 0 Å². The summed E-state index contributed by atoms with van der Waals surface area (Å²) in [4.78, 5) is 39.4. The molecule has 32 heavy (non-hydrogen) atoms. The molecule has 3 heterocycles. The van der Waals surface area contributed by atoms with E-state index in [1.165, 1.54) is 57.8 Å². The fraction of sp³-hybridized carbons (Fsp3) is 0.808. The summed E-state index contributed by atoms with van der Waals surface area (Å²) in [6, 6.07) is 0.592. The Balaban J connectivity index is 1.24. The molecule has 0 spiro atoms. The molecule has 6 nitrogen and oxygen atoms in total. The van der Waals surface area contributed by atoms with Gasteiger partial charge in [-0.15, -0.1) is 0 Å². The number of nitrogens with one attached hydrogen (secondary N) is 1. The number of piperidine rings is 1. The normalized spacial score (nSPS) is 33.4. The van der Waals surface area contributed by atoms with Gasteiger partial charge in [0.25, 0.3) is 5.56 Å². The molecule has 3 aliphatic carbocycles. The molecule has 6 heteroatoms. The number of aromatic nitrogens is 2. The van der Waals surface area contributed by atoms with Crippen LogP contribution in [0.1, 0.15) is 100 Å². The van der Waals surface area contributed by atoms with Crippen molar-refractivity contribution in [2.24, 2.45) is 17.8 Å². The van der Waals surface area contributed by atoms with Crippen molar-refractivity contribution in [3.8, 4) is 0 Å². The highest BCUT2D eigenvalue weighted by atomic mass is 16.2. The first-order chi connectivity index (χ1) is 15.7. The van der Waals surface area contributed by atoms with E-state index in [1.54, 1.807) is 0 Å².